The molecule has 0 aromatic carbocycles. The van der Waals surface area contributed by atoms with Crippen LogP contribution < -0.4 is 0 Å². The monoisotopic (exact) mass is 218 g/mol. The van der Waals surface area contributed by atoms with Gasteiger partial charge in [-0.15, -0.1) is 0 Å². The first-order valence-corrected chi connectivity index (χ1v) is 5.18. The zero-order valence-corrected chi connectivity index (χ0v) is 9.19. The van der Waals surface area contributed by atoms with E-state index in [2.05, 4.69) is 9.78 Å². The minimum absolute atomic E-state index is 0.146. The van der Waals surface area contributed by atoms with E-state index in [9.17, 15) is 14.7 Å². The topological polar surface area (TPSA) is 72.8 Å². The van der Waals surface area contributed by atoms with Gasteiger partial charge in [0, 0.05) is 6.42 Å². The van der Waals surface area contributed by atoms with E-state index in [0.717, 1.165) is 6.42 Å². The summed E-state index contributed by atoms with van der Waals surface area (Å²) in [5.74, 6) is -1.30. The summed E-state index contributed by atoms with van der Waals surface area (Å²) in [6, 6.07) is 0. The molecule has 5 heteroatoms. The van der Waals surface area contributed by atoms with Crippen LogP contribution in [-0.2, 0) is 19.4 Å². The summed E-state index contributed by atoms with van der Waals surface area (Å²) in [7, 11) is 0. The van der Waals surface area contributed by atoms with Gasteiger partial charge < -0.3 is 5.11 Å². The molecule has 0 bridgehead atoms. The van der Waals surface area contributed by atoms with E-state index in [1.165, 1.54) is 0 Å². The number of hydrogen-bond donors (Lipinski definition) is 1. The molecule has 0 saturated carbocycles. The van der Waals surface area contributed by atoms with E-state index in [-0.39, 0.29) is 12.8 Å². The number of carbonyl (C=O) groups excluding carboxylic acids is 2. The van der Waals surface area contributed by atoms with E-state index in [1.807, 2.05) is 13.8 Å². The minimum atomic E-state index is -0.729. The summed E-state index contributed by atoms with van der Waals surface area (Å²) in [5.41, 5.74) is 0. The molecule has 1 unspecified atom stereocenters. The van der Waals surface area contributed by atoms with Crippen molar-refractivity contribution in [3.8, 4) is 0 Å². The van der Waals surface area contributed by atoms with Crippen LogP contribution in [0.1, 0.15) is 46.0 Å². The summed E-state index contributed by atoms with van der Waals surface area (Å²) in [6.07, 6.45) is 1.28. The van der Waals surface area contributed by atoms with Gasteiger partial charge in [-0.2, -0.15) is 0 Å². The first-order valence-electron chi connectivity index (χ1n) is 5.18. The molecule has 0 amide bonds. The van der Waals surface area contributed by atoms with Gasteiger partial charge in [-0.25, -0.2) is 19.4 Å². The van der Waals surface area contributed by atoms with Crippen molar-refractivity contribution in [2.45, 2.75) is 52.1 Å². The molecule has 0 fully saturated rings. The smallest absolute Gasteiger partial charge is 0.358 e. The average Bonchev–Trinajstić information content (AvgIpc) is 2.15. The predicted molar refractivity (Wildman–Crippen MR) is 52.6 cm³/mol. The van der Waals surface area contributed by atoms with Crippen LogP contribution in [0.25, 0.3) is 0 Å². The molecule has 0 spiro atoms. The standard InChI is InChI=1S/C10H18O5/c1-3-5-8(11)7-10(13)15-14-9(12)6-4-2/h8,11H,3-7H2,1-2H3. The number of aliphatic hydroxyl groups is 1. The Hall–Kier alpha value is -1.10. The summed E-state index contributed by atoms with van der Waals surface area (Å²) >= 11 is 0. The highest BCUT2D eigenvalue weighted by Crippen LogP contribution is 2.03. The molecule has 0 saturated heterocycles. The van der Waals surface area contributed by atoms with Crippen molar-refractivity contribution in [2.24, 2.45) is 0 Å². The van der Waals surface area contributed by atoms with E-state index >= 15 is 0 Å². The molecular formula is C10H18O5. The number of aliphatic hydroxyl groups excluding tert-OH is 1. The molecule has 0 radical (unpaired) electrons. The predicted octanol–water partition coefficient (Wildman–Crippen LogP) is 1.34. The Bertz CT molecular complexity index is 202. The molecular weight excluding hydrogens is 200 g/mol. The summed E-state index contributed by atoms with van der Waals surface area (Å²) in [5, 5.41) is 9.25. The molecule has 0 rings (SSSR count). The van der Waals surface area contributed by atoms with Crippen molar-refractivity contribution in [1.29, 1.82) is 0 Å². The lowest BCUT2D eigenvalue weighted by Crippen LogP contribution is -2.17. The first kappa shape index (κ1) is 13.9. The number of hydrogen-bond acceptors (Lipinski definition) is 5. The lowest BCUT2D eigenvalue weighted by atomic mass is 10.1. The van der Waals surface area contributed by atoms with Gasteiger partial charge in [0.15, 0.2) is 0 Å². The van der Waals surface area contributed by atoms with Crippen LogP contribution in [0.3, 0.4) is 0 Å². The maximum atomic E-state index is 11.0. The summed E-state index contributed by atoms with van der Waals surface area (Å²) in [4.78, 5) is 30.2. The van der Waals surface area contributed by atoms with Crippen LogP contribution >= 0.6 is 0 Å². The van der Waals surface area contributed by atoms with E-state index in [4.69, 9.17) is 0 Å². The van der Waals surface area contributed by atoms with Crippen LogP contribution in [-0.4, -0.2) is 23.1 Å². The second kappa shape index (κ2) is 8.23. The summed E-state index contributed by atoms with van der Waals surface area (Å²) in [6.45, 7) is 3.71. The molecule has 0 aliphatic heterocycles. The maximum absolute atomic E-state index is 11.0. The number of carbonyl (C=O) groups is 2. The maximum Gasteiger partial charge on any atom is 0.358 e. The fourth-order valence-electron chi connectivity index (χ4n) is 1.00. The zero-order valence-electron chi connectivity index (χ0n) is 9.19. The van der Waals surface area contributed by atoms with Gasteiger partial charge in [0.2, 0.25) is 0 Å². The second-order valence-electron chi connectivity index (χ2n) is 3.31. The summed E-state index contributed by atoms with van der Waals surface area (Å²) < 4.78 is 0. The molecule has 0 aromatic heterocycles. The molecule has 0 aliphatic rings. The van der Waals surface area contributed by atoms with E-state index < -0.39 is 18.0 Å². The third-order valence-electron chi connectivity index (χ3n) is 1.71. The van der Waals surface area contributed by atoms with Gasteiger partial charge in [0.25, 0.3) is 0 Å². The highest BCUT2D eigenvalue weighted by molar-refractivity contribution is 5.73. The molecule has 1 atom stereocenters. The quantitative estimate of drug-likeness (QED) is 0.538. The molecule has 5 nitrogen and oxygen atoms in total. The van der Waals surface area contributed by atoms with Gasteiger partial charge in [-0.3, -0.25) is 0 Å². The Kier molecular flexibility index (Phi) is 7.62. The van der Waals surface area contributed by atoms with Crippen molar-refractivity contribution in [2.75, 3.05) is 0 Å². The van der Waals surface area contributed by atoms with Crippen LogP contribution in [0, 0.1) is 0 Å². The highest BCUT2D eigenvalue weighted by atomic mass is 17.2. The second-order valence-corrected chi connectivity index (χ2v) is 3.31. The number of rotatable bonds is 6. The highest BCUT2D eigenvalue weighted by Gasteiger charge is 2.14. The molecule has 1 N–H and O–H groups in total. The first-order chi connectivity index (χ1) is 7.10. The Morgan fingerprint density at radius 3 is 2.27 bits per heavy atom. The Morgan fingerprint density at radius 1 is 1.13 bits per heavy atom. The molecule has 0 heterocycles. The van der Waals surface area contributed by atoms with Crippen LogP contribution in [0.15, 0.2) is 0 Å². The Morgan fingerprint density at radius 2 is 1.73 bits per heavy atom. The normalized spacial score (nSPS) is 11.9. The third-order valence-corrected chi connectivity index (χ3v) is 1.71. The lowest BCUT2D eigenvalue weighted by Gasteiger charge is -2.07. The van der Waals surface area contributed by atoms with Crippen molar-refractivity contribution in [3.05, 3.63) is 0 Å². The van der Waals surface area contributed by atoms with Gasteiger partial charge in [-0.1, -0.05) is 20.3 Å². The van der Waals surface area contributed by atoms with E-state index in [0.29, 0.717) is 12.8 Å². The fourth-order valence-corrected chi connectivity index (χ4v) is 1.00. The minimum Gasteiger partial charge on any atom is -0.393 e. The van der Waals surface area contributed by atoms with Gasteiger partial charge in [-0.05, 0) is 12.8 Å². The Labute approximate surface area is 89.3 Å². The fraction of sp³-hybridized carbons (Fsp3) is 0.800. The molecule has 88 valence electrons. The molecule has 0 aliphatic carbocycles. The van der Waals surface area contributed by atoms with Crippen molar-refractivity contribution in [1.82, 2.24) is 0 Å². The van der Waals surface area contributed by atoms with Crippen molar-refractivity contribution < 1.29 is 24.5 Å². The SMILES string of the molecule is CCCC(=O)OOC(=O)CC(O)CCC. The molecule has 0 aromatic rings. The molecule has 15 heavy (non-hydrogen) atoms. The van der Waals surface area contributed by atoms with Crippen LogP contribution in [0.4, 0.5) is 0 Å². The van der Waals surface area contributed by atoms with E-state index in [1.54, 1.807) is 0 Å². The largest absolute Gasteiger partial charge is 0.393 e. The lowest BCUT2D eigenvalue weighted by molar-refractivity contribution is -0.260. The zero-order chi connectivity index (χ0) is 11.7. The Balaban J connectivity index is 3.61. The van der Waals surface area contributed by atoms with Gasteiger partial charge in [0.1, 0.15) is 0 Å². The van der Waals surface area contributed by atoms with Crippen LogP contribution in [0.2, 0.25) is 0 Å². The van der Waals surface area contributed by atoms with Crippen LogP contribution in [0.5, 0.6) is 0 Å². The average molecular weight is 218 g/mol. The van der Waals surface area contributed by atoms with Crippen molar-refractivity contribution in [3.63, 3.8) is 0 Å². The van der Waals surface area contributed by atoms with Crippen molar-refractivity contribution >= 4 is 11.9 Å². The third kappa shape index (κ3) is 7.93. The van der Waals surface area contributed by atoms with Gasteiger partial charge in [0.05, 0.1) is 12.5 Å². The van der Waals surface area contributed by atoms with Gasteiger partial charge >= 0.3 is 11.9 Å².